The summed E-state index contributed by atoms with van der Waals surface area (Å²) in [7, 11) is 0. The molecule has 1 saturated heterocycles. The van der Waals surface area contributed by atoms with Crippen molar-refractivity contribution in [2.45, 2.75) is 26.7 Å². The predicted octanol–water partition coefficient (Wildman–Crippen LogP) is 4.83. The Balaban J connectivity index is 1.86. The maximum Gasteiger partial charge on any atom is 0.255 e. The van der Waals surface area contributed by atoms with Gasteiger partial charge in [-0.15, -0.1) is 0 Å². The number of anilines is 3. The molecule has 4 nitrogen and oxygen atoms in total. The van der Waals surface area contributed by atoms with Gasteiger partial charge in [0.05, 0.1) is 11.4 Å². The van der Waals surface area contributed by atoms with E-state index in [1.54, 1.807) is 12.1 Å². The Morgan fingerprint density at radius 1 is 1.32 bits per heavy atom. The lowest BCUT2D eigenvalue weighted by Gasteiger charge is -2.34. The van der Waals surface area contributed by atoms with E-state index in [1.807, 2.05) is 24.3 Å². The molecule has 1 amide bonds. The van der Waals surface area contributed by atoms with E-state index in [1.165, 1.54) is 12.8 Å². The standard InChI is InChI=1S/C20H24BrN3O/c1-13-5-4-8-24(12-13)19-11-18(17(22)9-14(19)2)23-20(25)15-6-3-7-16(21)10-15/h3,6-7,9-11,13H,4-5,8,12,22H2,1-2H3,(H,23,25)/t13-/m1/s1. The summed E-state index contributed by atoms with van der Waals surface area (Å²) in [5, 5.41) is 2.96. The minimum absolute atomic E-state index is 0.158. The number of hydrogen-bond acceptors (Lipinski definition) is 3. The minimum atomic E-state index is -0.158. The van der Waals surface area contributed by atoms with Gasteiger partial charge in [-0.3, -0.25) is 4.79 Å². The van der Waals surface area contributed by atoms with Crippen molar-refractivity contribution in [3.05, 3.63) is 52.0 Å². The summed E-state index contributed by atoms with van der Waals surface area (Å²) in [6.07, 6.45) is 2.47. The smallest absolute Gasteiger partial charge is 0.255 e. The van der Waals surface area contributed by atoms with E-state index in [4.69, 9.17) is 5.73 Å². The monoisotopic (exact) mass is 401 g/mol. The highest BCUT2D eigenvalue weighted by molar-refractivity contribution is 9.10. The fourth-order valence-electron chi connectivity index (χ4n) is 3.40. The van der Waals surface area contributed by atoms with E-state index < -0.39 is 0 Å². The van der Waals surface area contributed by atoms with Crippen molar-refractivity contribution in [1.29, 1.82) is 0 Å². The van der Waals surface area contributed by atoms with Crippen LogP contribution in [0.4, 0.5) is 17.1 Å². The zero-order chi connectivity index (χ0) is 18.0. The van der Waals surface area contributed by atoms with Crippen molar-refractivity contribution in [3.8, 4) is 0 Å². The molecule has 0 spiro atoms. The zero-order valence-electron chi connectivity index (χ0n) is 14.7. The molecule has 1 atom stereocenters. The van der Waals surface area contributed by atoms with Crippen LogP contribution in [-0.4, -0.2) is 19.0 Å². The van der Waals surface area contributed by atoms with Gasteiger partial charge in [0.25, 0.3) is 5.91 Å². The molecule has 1 aliphatic heterocycles. The molecular formula is C20H24BrN3O. The predicted molar refractivity (Wildman–Crippen MR) is 108 cm³/mol. The number of nitrogens with one attached hydrogen (secondary N) is 1. The Kier molecular flexibility index (Phi) is 5.33. The second-order valence-electron chi connectivity index (χ2n) is 6.88. The maximum atomic E-state index is 12.5. The van der Waals surface area contributed by atoms with Crippen LogP contribution in [0.1, 0.15) is 35.7 Å². The van der Waals surface area contributed by atoms with Gasteiger partial charge in [0.2, 0.25) is 0 Å². The Morgan fingerprint density at radius 3 is 2.84 bits per heavy atom. The lowest BCUT2D eigenvalue weighted by atomic mass is 9.98. The van der Waals surface area contributed by atoms with Gasteiger partial charge in [0, 0.05) is 28.8 Å². The Bertz CT molecular complexity index is 791. The molecule has 3 rings (SSSR count). The molecule has 0 bridgehead atoms. The molecule has 2 aromatic rings. The van der Waals surface area contributed by atoms with E-state index in [0.717, 1.165) is 28.8 Å². The zero-order valence-corrected chi connectivity index (χ0v) is 16.3. The highest BCUT2D eigenvalue weighted by Crippen LogP contribution is 2.32. The molecule has 2 aromatic carbocycles. The number of halogens is 1. The normalized spacial score (nSPS) is 17.4. The van der Waals surface area contributed by atoms with E-state index in [2.05, 4.69) is 40.0 Å². The largest absolute Gasteiger partial charge is 0.397 e. The lowest BCUT2D eigenvalue weighted by Crippen LogP contribution is -2.34. The second kappa shape index (κ2) is 7.48. The molecule has 25 heavy (non-hydrogen) atoms. The van der Waals surface area contributed by atoms with Gasteiger partial charge in [-0.2, -0.15) is 0 Å². The number of aryl methyl sites for hydroxylation is 1. The fraction of sp³-hybridized carbons (Fsp3) is 0.350. The third kappa shape index (κ3) is 4.15. The van der Waals surface area contributed by atoms with E-state index in [9.17, 15) is 4.79 Å². The topological polar surface area (TPSA) is 58.4 Å². The summed E-state index contributed by atoms with van der Waals surface area (Å²) in [6.45, 7) is 6.46. The molecule has 0 aromatic heterocycles. The number of hydrogen-bond donors (Lipinski definition) is 2. The first-order chi connectivity index (χ1) is 11.9. The average Bonchev–Trinajstić information content (AvgIpc) is 2.57. The number of nitrogen functional groups attached to an aromatic ring is 1. The number of nitrogens with zero attached hydrogens (tertiary/aromatic N) is 1. The molecule has 1 fully saturated rings. The Labute approximate surface area is 157 Å². The summed E-state index contributed by atoms with van der Waals surface area (Å²) >= 11 is 3.40. The minimum Gasteiger partial charge on any atom is -0.397 e. The molecule has 3 N–H and O–H groups in total. The van der Waals surface area contributed by atoms with Gasteiger partial charge in [-0.05, 0) is 61.6 Å². The molecule has 0 aliphatic carbocycles. The van der Waals surface area contributed by atoms with Crippen molar-refractivity contribution in [3.63, 3.8) is 0 Å². The Morgan fingerprint density at radius 2 is 2.12 bits per heavy atom. The molecule has 5 heteroatoms. The van der Waals surface area contributed by atoms with Crippen LogP contribution in [0.3, 0.4) is 0 Å². The summed E-state index contributed by atoms with van der Waals surface area (Å²) in [6, 6.07) is 11.3. The number of piperidine rings is 1. The van der Waals surface area contributed by atoms with Crippen LogP contribution >= 0.6 is 15.9 Å². The SMILES string of the molecule is Cc1cc(N)c(NC(=O)c2cccc(Br)c2)cc1N1CCC[C@@H](C)C1. The van der Waals surface area contributed by atoms with Crippen molar-refractivity contribution in [2.75, 3.05) is 29.0 Å². The molecule has 132 valence electrons. The lowest BCUT2D eigenvalue weighted by molar-refractivity contribution is 0.102. The highest BCUT2D eigenvalue weighted by Gasteiger charge is 2.19. The summed E-state index contributed by atoms with van der Waals surface area (Å²) in [5.41, 5.74) is 10.3. The molecular weight excluding hydrogens is 378 g/mol. The van der Waals surface area contributed by atoms with E-state index >= 15 is 0 Å². The van der Waals surface area contributed by atoms with E-state index in [-0.39, 0.29) is 5.91 Å². The molecule has 0 unspecified atom stereocenters. The van der Waals surface area contributed by atoms with Crippen LogP contribution in [0.25, 0.3) is 0 Å². The number of nitrogens with two attached hydrogens (primary N) is 1. The van der Waals surface area contributed by atoms with Gasteiger partial charge in [0.15, 0.2) is 0 Å². The quantitative estimate of drug-likeness (QED) is 0.724. The van der Waals surface area contributed by atoms with Crippen molar-refractivity contribution >= 4 is 38.9 Å². The summed E-state index contributed by atoms with van der Waals surface area (Å²) < 4.78 is 0.875. The van der Waals surface area contributed by atoms with Crippen LogP contribution in [0.5, 0.6) is 0 Å². The average molecular weight is 402 g/mol. The van der Waals surface area contributed by atoms with Gasteiger partial charge >= 0.3 is 0 Å². The molecule has 1 heterocycles. The number of rotatable bonds is 3. The van der Waals surface area contributed by atoms with Crippen LogP contribution in [0.15, 0.2) is 40.9 Å². The van der Waals surface area contributed by atoms with Gasteiger partial charge < -0.3 is 16.0 Å². The van der Waals surface area contributed by atoms with Gasteiger partial charge in [-0.25, -0.2) is 0 Å². The number of carbonyl (C=O) groups is 1. The maximum absolute atomic E-state index is 12.5. The van der Waals surface area contributed by atoms with Gasteiger partial charge in [-0.1, -0.05) is 28.9 Å². The molecule has 0 radical (unpaired) electrons. The first-order valence-corrected chi connectivity index (χ1v) is 9.45. The molecule has 0 saturated carbocycles. The van der Waals surface area contributed by atoms with Crippen molar-refractivity contribution < 1.29 is 4.79 Å². The number of benzene rings is 2. The first-order valence-electron chi connectivity index (χ1n) is 8.66. The van der Waals surface area contributed by atoms with Crippen LogP contribution in [-0.2, 0) is 0 Å². The second-order valence-corrected chi connectivity index (χ2v) is 7.80. The van der Waals surface area contributed by atoms with Crippen LogP contribution in [0, 0.1) is 12.8 Å². The van der Waals surface area contributed by atoms with Crippen LogP contribution in [0.2, 0.25) is 0 Å². The fourth-order valence-corrected chi connectivity index (χ4v) is 3.80. The molecule has 1 aliphatic rings. The van der Waals surface area contributed by atoms with E-state index in [0.29, 0.717) is 22.9 Å². The van der Waals surface area contributed by atoms with Gasteiger partial charge in [0.1, 0.15) is 0 Å². The number of amides is 1. The third-order valence-corrected chi connectivity index (χ3v) is 5.19. The van der Waals surface area contributed by atoms with Crippen LogP contribution < -0.4 is 16.0 Å². The Hall–Kier alpha value is -2.01. The third-order valence-electron chi connectivity index (χ3n) is 4.70. The summed E-state index contributed by atoms with van der Waals surface area (Å²) in [5.74, 6) is 0.528. The van der Waals surface area contributed by atoms with Crippen molar-refractivity contribution in [1.82, 2.24) is 0 Å². The first kappa shape index (κ1) is 17.8. The van der Waals surface area contributed by atoms with Crippen molar-refractivity contribution in [2.24, 2.45) is 5.92 Å². The number of carbonyl (C=O) groups excluding carboxylic acids is 1. The highest BCUT2D eigenvalue weighted by atomic mass is 79.9. The summed E-state index contributed by atoms with van der Waals surface area (Å²) in [4.78, 5) is 14.9.